The first-order chi connectivity index (χ1) is 7.18. The summed E-state index contributed by atoms with van der Waals surface area (Å²) < 4.78 is 1.23. The van der Waals surface area contributed by atoms with Crippen LogP contribution in [0.3, 0.4) is 0 Å². The van der Waals surface area contributed by atoms with Crippen molar-refractivity contribution in [2.75, 3.05) is 0 Å². The van der Waals surface area contributed by atoms with Crippen LogP contribution >= 0.6 is 33.9 Å². The molecule has 1 aliphatic rings. The van der Waals surface area contributed by atoms with Crippen LogP contribution in [0.25, 0.3) is 0 Å². The molecule has 0 saturated heterocycles. The average Bonchev–Trinajstić information content (AvgIpc) is 2.65. The van der Waals surface area contributed by atoms with Crippen LogP contribution in [-0.4, -0.2) is 5.11 Å². The summed E-state index contributed by atoms with van der Waals surface area (Å²) in [6, 6.07) is 2.09. The molecule has 1 aromatic heterocycles. The predicted molar refractivity (Wildman–Crippen MR) is 73.1 cm³/mol. The molecule has 1 saturated carbocycles. The molecule has 15 heavy (non-hydrogen) atoms. The molecule has 0 spiro atoms. The number of hydrogen-bond donors (Lipinski definition) is 1. The van der Waals surface area contributed by atoms with Gasteiger partial charge in [0, 0.05) is 8.45 Å². The molecule has 1 N–H and O–H groups in total. The first-order valence-corrected chi connectivity index (χ1v) is 7.55. The minimum absolute atomic E-state index is 0.218. The van der Waals surface area contributed by atoms with Crippen LogP contribution in [0, 0.1) is 15.4 Å². The zero-order valence-corrected chi connectivity index (χ0v) is 11.9. The summed E-state index contributed by atoms with van der Waals surface area (Å²) in [6.07, 6.45) is 4.73. The highest BCUT2D eigenvalue weighted by molar-refractivity contribution is 14.1. The zero-order chi connectivity index (χ0) is 10.8. The molecule has 84 valence electrons. The fraction of sp³-hybridized carbons (Fsp3) is 0.667. The Hall–Kier alpha value is 0.390. The first-order valence-electron chi connectivity index (χ1n) is 5.59. The molecule has 0 bridgehead atoms. The van der Waals surface area contributed by atoms with Crippen LogP contribution in [0.1, 0.15) is 43.6 Å². The summed E-state index contributed by atoms with van der Waals surface area (Å²) >= 11 is 4.02. The third-order valence-electron chi connectivity index (χ3n) is 3.42. The van der Waals surface area contributed by atoms with Gasteiger partial charge in [-0.3, -0.25) is 0 Å². The number of thiophene rings is 1. The van der Waals surface area contributed by atoms with Crippen LogP contribution in [0.2, 0.25) is 0 Å². The highest BCUT2D eigenvalue weighted by Gasteiger charge is 2.27. The number of aliphatic hydroxyl groups excluding tert-OH is 1. The lowest BCUT2D eigenvalue weighted by Crippen LogP contribution is -2.19. The molecule has 1 heterocycles. The van der Waals surface area contributed by atoms with Crippen LogP contribution < -0.4 is 0 Å². The molecule has 1 atom stereocenters. The smallest absolute Gasteiger partial charge is 0.0920 e. The van der Waals surface area contributed by atoms with E-state index in [1.807, 2.05) is 0 Å². The van der Waals surface area contributed by atoms with E-state index in [-0.39, 0.29) is 6.10 Å². The summed E-state index contributed by atoms with van der Waals surface area (Å²) in [5.41, 5.74) is 0. The van der Waals surface area contributed by atoms with E-state index in [0.29, 0.717) is 5.92 Å². The van der Waals surface area contributed by atoms with Gasteiger partial charge >= 0.3 is 0 Å². The number of aliphatic hydroxyl groups is 1. The van der Waals surface area contributed by atoms with Gasteiger partial charge in [-0.25, -0.2) is 0 Å². The topological polar surface area (TPSA) is 20.2 Å². The lowest BCUT2D eigenvalue weighted by molar-refractivity contribution is 0.0778. The van der Waals surface area contributed by atoms with Gasteiger partial charge in [0.15, 0.2) is 0 Å². The normalized spacial score (nSPS) is 29.0. The van der Waals surface area contributed by atoms with Crippen molar-refractivity contribution in [3.05, 3.63) is 19.9 Å². The molecule has 1 nitrogen and oxygen atoms in total. The van der Waals surface area contributed by atoms with Crippen molar-refractivity contribution < 1.29 is 5.11 Å². The second-order valence-electron chi connectivity index (χ2n) is 4.60. The van der Waals surface area contributed by atoms with E-state index in [0.717, 1.165) is 5.92 Å². The van der Waals surface area contributed by atoms with Crippen LogP contribution in [0.5, 0.6) is 0 Å². The fourth-order valence-electron chi connectivity index (χ4n) is 2.33. The Morgan fingerprint density at radius 1 is 1.40 bits per heavy atom. The maximum atomic E-state index is 10.3. The van der Waals surface area contributed by atoms with Crippen molar-refractivity contribution in [1.29, 1.82) is 0 Å². The van der Waals surface area contributed by atoms with Crippen molar-refractivity contribution in [1.82, 2.24) is 0 Å². The Balaban J connectivity index is 2.02. The molecular weight excluding hydrogens is 319 g/mol. The van der Waals surface area contributed by atoms with Crippen molar-refractivity contribution in [3.8, 4) is 0 Å². The zero-order valence-electron chi connectivity index (χ0n) is 8.95. The largest absolute Gasteiger partial charge is 0.387 e. The van der Waals surface area contributed by atoms with Gasteiger partial charge in [0.05, 0.1) is 6.10 Å². The highest BCUT2D eigenvalue weighted by atomic mass is 127. The second kappa shape index (κ2) is 5.15. The molecule has 1 aromatic rings. The van der Waals surface area contributed by atoms with E-state index in [9.17, 15) is 5.11 Å². The molecule has 0 amide bonds. The quantitative estimate of drug-likeness (QED) is 0.802. The third kappa shape index (κ3) is 2.74. The maximum Gasteiger partial charge on any atom is 0.0920 e. The lowest BCUT2D eigenvalue weighted by Gasteiger charge is -2.29. The highest BCUT2D eigenvalue weighted by Crippen LogP contribution is 2.39. The number of hydrogen-bond acceptors (Lipinski definition) is 2. The monoisotopic (exact) mass is 336 g/mol. The summed E-state index contributed by atoms with van der Waals surface area (Å²) in [6.45, 7) is 2.32. The SMILES string of the molecule is CC1CCC(C(O)c2sccc2I)CC1. The number of rotatable bonds is 2. The van der Waals surface area contributed by atoms with Gasteiger partial charge in [0.2, 0.25) is 0 Å². The Labute approximate surface area is 109 Å². The summed E-state index contributed by atoms with van der Waals surface area (Å²) in [7, 11) is 0. The van der Waals surface area contributed by atoms with E-state index in [4.69, 9.17) is 0 Å². The fourth-order valence-corrected chi connectivity index (χ4v) is 4.32. The predicted octanol–water partition coefficient (Wildman–Crippen LogP) is 4.21. The van der Waals surface area contributed by atoms with E-state index < -0.39 is 0 Å². The minimum atomic E-state index is -0.218. The molecular formula is C12H17IOS. The Morgan fingerprint density at radius 3 is 2.60 bits per heavy atom. The number of halogens is 1. The van der Waals surface area contributed by atoms with Crippen LogP contribution in [-0.2, 0) is 0 Å². The summed E-state index contributed by atoms with van der Waals surface area (Å²) in [4.78, 5) is 1.18. The van der Waals surface area contributed by atoms with E-state index >= 15 is 0 Å². The molecule has 0 aromatic carbocycles. The van der Waals surface area contributed by atoms with Gasteiger partial charge < -0.3 is 5.11 Å². The molecule has 0 radical (unpaired) electrons. The molecule has 3 heteroatoms. The van der Waals surface area contributed by atoms with Crippen molar-refractivity contribution in [2.45, 2.75) is 38.7 Å². The lowest BCUT2D eigenvalue weighted by atomic mass is 9.80. The van der Waals surface area contributed by atoms with E-state index in [1.54, 1.807) is 11.3 Å². The van der Waals surface area contributed by atoms with Crippen LogP contribution in [0.4, 0.5) is 0 Å². The summed E-state index contributed by atoms with van der Waals surface area (Å²) in [5, 5.41) is 12.4. The van der Waals surface area contributed by atoms with Crippen molar-refractivity contribution >= 4 is 33.9 Å². The standard InChI is InChI=1S/C12H17IOS/c1-8-2-4-9(5-3-8)11(14)12-10(13)6-7-15-12/h6-9,11,14H,2-5H2,1H3. The molecule has 1 aliphatic carbocycles. The van der Waals surface area contributed by atoms with Gasteiger partial charge in [-0.05, 0) is 58.7 Å². The molecule has 2 rings (SSSR count). The Bertz CT molecular complexity index is 315. The maximum absolute atomic E-state index is 10.3. The van der Waals surface area contributed by atoms with Crippen LogP contribution in [0.15, 0.2) is 11.4 Å². The molecule has 1 unspecified atom stereocenters. The van der Waals surface area contributed by atoms with Crippen molar-refractivity contribution in [3.63, 3.8) is 0 Å². The van der Waals surface area contributed by atoms with Gasteiger partial charge in [0.1, 0.15) is 0 Å². The molecule has 1 fully saturated rings. The van der Waals surface area contributed by atoms with E-state index in [1.165, 1.54) is 34.1 Å². The average molecular weight is 336 g/mol. The minimum Gasteiger partial charge on any atom is -0.387 e. The van der Waals surface area contributed by atoms with Gasteiger partial charge in [-0.15, -0.1) is 11.3 Å². The third-order valence-corrected chi connectivity index (χ3v) is 5.71. The Morgan fingerprint density at radius 2 is 2.07 bits per heavy atom. The Kier molecular flexibility index (Phi) is 4.07. The van der Waals surface area contributed by atoms with E-state index in [2.05, 4.69) is 41.0 Å². The van der Waals surface area contributed by atoms with Gasteiger partial charge in [-0.2, -0.15) is 0 Å². The molecule has 0 aliphatic heterocycles. The van der Waals surface area contributed by atoms with Gasteiger partial charge in [-0.1, -0.05) is 19.8 Å². The van der Waals surface area contributed by atoms with Gasteiger partial charge in [0.25, 0.3) is 0 Å². The second-order valence-corrected chi connectivity index (χ2v) is 6.71. The first kappa shape index (κ1) is 11.9. The van der Waals surface area contributed by atoms with Crippen molar-refractivity contribution in [2.24, 2.45) is 11.8 Å². The summed E-state index contributed by atoms with van der Waals surface area (Å²) in [5.74, 6) is 1.35.